The molecule has 8 heteroatoms. The second kappa shape index (κ2) is 8.91. The molecule has 154 valence electrons. The van der Waals surface area contributed by atoms with Crippen molar-refractivity contribution in [1.82, 2.24) is 9.40 Å². The number of nitrogens with zero attached hydrogens (tertiary/aromatic N) is 3. The van der Waals surface area contributed by atoms with Gasteiger partial charge in [0.25, 0.3) is 10.0 Å². The lowest BCUT2D eigenvalue weighted by Gasteiger charge is -2.07. The van der Waals surface area contributed by atoms with Gasteiger partial charge in [-0.3, -0.25) is 0 Å². The molecule has 0 spiro atoms. The molecule has 4 aromatic rings. The van der Waals surface area contributed by atoms with Gasteiger partial charge in [0.05, 0.1) is 22.7 Å². The van der Waals surface area contributed by atoms with Crippen molar-refractivity contribution >= 4 is 49.7 Å². The molecule has 1 N–H and O–H groups in total. The summed E-state index contributed by atoms with van der Waals surface area (Å²) >= 11 is 2.12. The summed E-state index contributed by atoms with van der Waals surface area (Å²) in [4.78, 5) is 2.43. The van der Waals surface area contributed by atoms with E-state index in [1.807, 2.05) is 53.2 Å². The van der Waals surface area contributed by atoms with Crippen LogP contribution in [0, 0.1) is 14.9 Å². The Balaban J connectivity index is 1.63. The highest BCUT2D eigenvalue weighted by molar-refractivity contribution is 14.1. The van der Waals surface area contributed by atoms with Crippen molar-refractivity contribution in [2.75, 3.05) is 0 Å². The van der Waals surface area contributed by atoms with Gasteiger partial charge in [-0.2, -0.15) is 18.8 Å². The highest BCUT2D eigenvalue weighted by Gasteiger charge is 2.13. The average molecular weight is 540 g/mol. The molecule has 3 aromatic carbocycles. The molecule has 0 amide bonds. The van der Waals surface area contributed by atoms with Crippen LogP contribution in [0.15, 0.2) is 89.0 Å². The van der Waals surface area contributed by atoms with Crippen molar-refractivity contribution in [1.29, 1.82) is 5.26 Å². The van der Waals surface area contributed by atoms with Gasteiger partial charge in [0.2, 0.25) is 0 Å². The van der Waals surface area contributed by atoms with Crippen molar-refractivity contribution in [3.8, 4) is 6.07 Å². The van der Waals surface area contributed by atoms with Gasteiger partial charge >= 0.3 is 0 Å². The summed E-state index contributed by atoms with van der Waals surface area (Å²) in [6.45, 7) is 0.520. The fourth-order valence-corrected chi connectivity index (χ4v) is 4.44. The van der Waals surface area contributed by atoms with E-state index in [2.05, 4.69) is 38.6 Å². The van der Waals surface area contributed by atoms with Crippen LogP contribution in [-0.2, 0) is 16.6 Å². The van der Waals surface area contributed by atoms with Crippen molar-refractivity contribution in [2.24, 2.45) is 5.10 Å². The Morgan fingerprint density at radius 2 is 1.74 bits per heavy atom. The predicted octanol–water partition coefficient (Wildman–Crippen LogP) is 4.48. The van der Waals surface area contributed by atoms with Crippen molar-refractivity contribution in [3.05, 3.63) is 99.3 Å². The Hall–Kier alpha value is -3.16. The first-order valence-corrected chi connectivity index (χ1v) is 11.9. The maximum Gasteiger partial charge on any atom is 0.276 e. The number of hydrogen-bond acceptors (Lipinski definition) is 4. The van der Waals surface area contributed by atoms with Crippen LogP contribution in [0.3, 0.4) is 0 Å². The number of hydrazone groups is 1. The van der Waals surface area contributed by atoms with E-state index in [0.29, 0.717) is 12.1 Å². The summed E-state index contributed by atoms with van der Waals surface area (Å²) in [5.74, 6) is 0. The number of aromatic nitrogens is 1. The van der Waals surface area contributed by atoms with E-state index in [4.69, 9.17) is 0 Å². The van der Waals surface area contributed by atoms with E-state index < -0.39 is 10.0 Å². The number of sulfonamides is 1. The van der Waals surface area contributed by atoms with Gasteiger partial charge < -0.3 is 4.57 Å². The highest BCUT2D eigenvalue weighted by Crippen LogP contribution is 2.22. The summed E-state index contributed by atoms with van der Waals surface area (Å²) in [6, 6.07) is 24.0. The van der Waals surface area contributed by atoms with E-state index >= 15 is 0 Å². The molecule has 0 atom stereocenters. The fraction of sp³-hybridized carbons (Fsp3) is 0.0435. The lowest BCUT2D eigenvalue weighted by atomic mass is 10.1. The molecule has 0 aliphatic carbocycles. The molecule has 31 heavy (non-hydrogen) atoms. The Kier molecular flexibility index (Phi) is 6.06. The van der Waals surface area contributed by atoms with Crippen LogP contribution < -0.4 is 4.83 Å². The van der Waals surface area contributed by atoms with Gasteiger partial charge in [-0.1, -0.05) is 36.4 Å². The molecule has 0 fully saturated rings. The number of benzene rings is 3. The van der Waals surface area contributed by atoms with E-state index in [1.165, 1.54) is 18.3 Å². The van der Waals surface area contributed by atoms with Gasteiger partial charge in [-0.15, -0.1) is 0 Å². The Morgan fingerprint density at radius 1 is 1.03 bits per heavy atom. The third kappa shape index (κ3) is 4.62. The van der Waals surface area contributed by atoms with Crippen LogP contribution in [0.5, 0.6) is 0 Å². The predicted molar refractivity (Wildman–Crippen MR) is 129 cm³/mol. The summed E-state index contributed by atoms with van der Waals surface area (Å²) in [5.41, 5.74) is 3.28. The standard InChI is InChI=1S/C23H17IN4O2S/c24-20-9-11-21(12-10-20)31(29,30)27-26-14-19-16-28(23-8-4-3-7-22(19)23)15-18-6-2-1-5-17(18)13-25/h1-12,14,16,27H,15H2/b26-14-. The molecule has 0 radical (unpaired) electrons. The SMILES string of the molecule is N#Cc1ccccc1Cn1cc(/C=N\NS(=O)(=O)c2ccc(I)cc2)c2ccccc21. The summed E-state index contributed by atoms with van der Waals surface area (Å²) in [5, 5.41) is 14.3. The minimum Gasteiger partial charge on any atom is -0.342 e. The minimum atomic E-state index is -3.75. The monoisotopic (exact) mass is 540 g/mol. The quantitative estimate of drug-likeness (QED) is 0.222. The molecule has 1 aromatic heterocycles. The molecule has 0 bridgehead atoms. The average Bonchev–Trinajstić information content (AvgIpc) is 3.12. The largest absolute Gasteiger partial charge is 0.342 e. The first kappa shape index (κ1) is 21.1. The van der Waals surface area contributed by atoms with E-state index in [-0.39, 0.29) is 4.90 Å². The van der Waals surface area contributed by atoms with Crippen LogP contribution in [-0.4, -0.2) is 19.2 Å². The first-order valence-electron chi connectivity index (χ1n) is 9.34. The van der Waals surface area contributed by atoms with Crippen LogP contribution in [0.2, 0.25) is 0 Å². The Bertz CT molecular complexity index is 1420. The molecule has 6 nitrogen and oxygen atoms in total. The molecule has 0 saturated heterocycles. The second-order valence-electron chi connectivity index (χ2n) is 6.81. The minimum absolute atomic E-state index is 0.153. The number of para-hydroxylation sites is 1. The molecule has 4 rings (SSSR count). The van der Waals surface area contributed by atoms with Crippen molar-refractivity contribution in [3.63, 3.8) is 0 Å². The van der Waals surface area contributed by atoms with Gasteiger partial charge in [0.15, 0.2) is 0 Å². The van der Waals surface area contributed by atoms with Crippen molar-refractivity contribution < 1.29 is 8.42 Å². The number of nitrogens with one attached hydrogen (secondary N) is 1. The third-order valence-electron chi connectivity index (χ3n) is 4.80. The lowest BCUT2D eigenvalue weighted by molar-refractivity contribution is 0.584. The first-order chi connectivity index (χ1) is 15.0. The summed E-state index contributed by atoms with van der Waals surface area (Å²) < 4.78 is 27.9. The van der Waals surface area contributed by atoms with E-state index in [0.717, 1.165) is 25.6 Å². The molecular formula is C23H17IN4O2S. The number of fused-ring (bicyclic) bond motifs is 1. The molecule has 0 saturated carbocycles. The normalized spacial score (nSPS) is 11.6. The third-order valence-corrected chi connectivity index (χ3v) is 6.76. The van der Waals surface area contributed by atoms with Gasteiger partial charge in [0, 0.05) is 32.8 Å². The lowest BCUT2D eigenvalue weighted by Crippen LogP contribution is -2.18. The van der Waals surface area contributed by atoms with Crippen LogP contribution >= 0.6 is 22.6 Å². The van der Waals surface area contributed by atoms with Crippen LogP contribution in [0.25, 0.3) is 10.9 Å². The smallest absolute Gasteiger partial charge is 0.276 e. The van der Waals surface area contributed by atoms with E-state index in [1.54, 1.807) is 18.2 Å². The fourth-order valence-electron chi connectivity index (χ4n) is 3.29. The maximum atomic E-state index is 12.5. The molecule has 1 heterocycles. The number of halogens is 1. The Morgan fingerprint density at radius 3 is 2.52 bits per heavy atom. The van der Waals surface area contributed by atoms with Gasteiger partial charge in [-0.25, -0.2) is 4.83 Å². The number of rotatable bonds is 6. The molecular weight excluding hydrogens is 523 g/mol. The highest BCUT2D eigenvalue weighted by atomic mass is 127. The van der Waals surface area contributed by atoms with Crippen LogP contribution in [0.4, 0.5) is 0 Å². The summed E-state index contributed by atoms with van der Waals surface area (Å²) in [7, 11) is -3.75. The molecule has 0 aliphatic heterocycles. The topological polar surface area (TPSA) is 87.2 Å². The molecule has 0 aliphatic rings. The maximum absolute atomic E-state index is 12.5. The zero-order chi connectivity index (χ0) is 21.8. The second-order valence-corrected chi connectivity index (χ2v) is 9.71. The van der Waals surface area contributed by atoms with Gasteiger partial charge in [-0.05, 0) is 64.6 Å². The summed E-state index contributed by atoms with van der Waals surface area (Å²) in [6.07, 6.45) is 3.40. The molecule has 0 unspecified atom stereocenters. The van der Waals surface area contributed by atoms with Gasteiger partial charge in [0.1, 0.15) is 0 Å². The van der Waals surface area contributed by atoms with Crippen LogP contribution in [0.1, 0.15) is 16.7 Å². The van der Waals surface area contributed by atoms with E-state index in [9.17, 15) is 13.7 Å². The Labute approximate surface area is 194 Å². The number of hydrogen-bond donors (Lipinski definition) is 1. The zero-order valence-corrected chi connectivity index (χ0v) is 19.2. The zero-order valence-electron chi connectivity index (χ0n) is 16.2. The van der Waals surface area contributed by atoms with Crippen molar-refractivity contribution in [2.45, 2.75) is 11.4 Å². The number of nitriles is 1.